The number of ether oxygens (including phenoxy) is 1. The monoisotopic (exact) mass is 204 g/mol. The fourth-order valence-corrected chi connectivity index (χ4v) is 1.23. The van der Waals surface area contributed by atoms with Gasteiger partial charge in [0, 0.05) is 25.3 Å². The van der Waals surface area contributed by atoms with Crippen LogP contribution in [-0.2, 0) is 16.0 Å². The number of nitrogen functional groups attached to an aromatic ring is 1. The molecule has 0 aliphatic rings. The molecule has 0 bridgehead atoms. The third kappa shape index (κ3) is 6.06. The second-order valence-electron chi connectivity index (χ2n) is 2.14. The van der Waals surface area contributed by atoms with Gasteiger partial charge in [-0.15, -0.1) is 11.3 Å². The molecule has 1 aromatic rings. The molecule has 0 amide bonds. The Kier molecular flexibility index (Phi) is 5.82. The first-order chi connectivity index (χ1) is 6.10. The van der Waals surface area contributed by atoms with Crippen LogP contribution in [0.2, 0.25) is 0 Å². The van der Waals surface area contributed by atoms with Crippen molar-refractivity contribution in [3.8, 4) is 0 Å². The van der Waals surface area contributed by atoms with Gasteiger partial charge in [0.1, 0.15) is 0 Å². The highest BCUT2D eigenvalue weighted by molar-refractivity contribution is 7.15. The molecule has 5 nitrogen and oxygen atoms in total. The Bertz CT molecular complexity index is 262. The predicted molar refractivity (Wildman–Crippen MR) is 50.8 cm³/mol. The molecule has 3 N–H and O–H groups in total. The largest absolute Gasteiger partial charge is 0.481 e. The van der Waals surface area contributed by atoms with Gasteiger partial charge in [0.25, 0.3) is 0 Å². The van der Waals surface area contributed by atoms with Gasteiger partial charge >= 0.3 is 5.97 Å². The van der Waals surface area contributed by atoms with Crippen molar-refractivity contribution in [2.75, 3.05) is 20.0 Å². The number of aliphatic carboxylic acids is 1. The molecule has 0 atom stereocenters. The lowest BCUT2D eigenvalue weighted by Crippen LogP contribution is -1.97. The molecule has 0 fully saturated rings. The van der Waals surface area contributed by atoms with Gasteiger partial charge in [0.05, 0.1) is 6.42 Å². The predicted octanol–water partition coefficient (Wildman–Crippen LogP) is 0.615. The number of carboxylic acids is 1. The van der Waals surface area contributed by atoms with E-state index in [2.05, 4.69) is 9.72 Å². The SMILES string of the molecule is COC.Nc1ncc(CC(=O)O)s1. The number of methoxy groups -OCH3 is 1. The molecule has 1 heterocycles. The van der Waals surface area contributed by atoms with E-state index >= 15 is 0 Å². The Morgan fingerprint density at radius 2 is 2.31 bits per heavy atom. The number of anilines is 1. The molecule has 0 saturated heterocycles. The van der Waals surface area contributed by atoms with Crippen molar-refractivity contribution in [3.05, 3.63) is 11.1 Å². The van der Waals surface area contributed by atoms with E-state index in [1.54, 1.807) is 14.2 Å². The van der Waals surface area contributed by atoms with E-state index in [9.17, 15) is 4.79 Å². The zero-order chi connectivity index (χ0) is 10.3. The van der Waals surface area contributed by atoms with Gasteiger partial charge < -0.3 is 15.6 Å². The summed E-state index contributed by atoms with van der Waals surface area (Å²) in [5, 5.41) is 8.73. The van der Waals surface area contributed by atoms with Gasteiger partial charge in [-0.25, -0.2) is 4.98 Å². The highest BCUT2D eigenvalue weighted by Gasteiger charge is 2.02. The minimum Gasteiger partial charge on any atom is -0.481 e. The van der Waals surface area contributed by atoms with Crippen molar-refractivity contribution >= 4 is 22.4 Å². The van der Waals surface area contributed by atoms with E-state index in [-0.39, 0.29) is 6.42 Å². The Morgan fingerprint density at radius 3 is 2.62 bits per heavy atom. The second-order valence-corrected chi connectivity index (χ2v) is 3.29. The lowest BCUT2D eigenvalue weighted by molar-refractivity contribution is -0.136. The van der Waals surface area contributed by atoms with Gasteiger partial charge in [0.15, 0.2) is 5.13 Å². The first kappa shape index (κ1) is 11.9. The van der Waals surface area contributed by atoms with Gasteiger partial charge in [-0.05, 0) is 0 Å². The van der Waals surface area contributed by atoms with E-state index in [0.717, 1.165) is 0 Å². The van der Waals surface area contributed by atoms with Crippen LogP contribution < -0.4 is 5.73 Å². The van der Waals surface area contributed by atoms with Crippen LogP contribution >= 0.6 is 11.3 Å². The van der Waals surface area contributed by atoms with Crippen molar-refractivity contribution in [1.82, 2.24) is 4.98 Å². The maximum absolute atomic E-state index is 10.1. The fourth-order valence-electron chi connectivity index (χ4n) is 0.553. The number of hydrogen-bond donors (Lipinski definition) is 2. The van der Waals surface area contributed by atoms with E-state index < -0.39 is 5.97 Å². The van der Waals surface area contributed by atoms with E-state index in [1.165, 1.54) is 17.5 Å². The first-order valence-electron chi connectivity index (χ1n) is 3.42. The Labute approximate surface area is 80.2 Å². The quantitative estimate of drug-likeness (QED) is 0.737. The molecule has 0 aliphatic heterocycles. The third-order valence-corrected chi connectivity index (χ3v) is 1.72. The molecule has 1 aromatic heterocycles. The van der Waals surface area contributed by atoms with Gasteiger partial charge in [0.2, 0.25) is 0 Å². The summed E-state index contributed by atoms with van der Waals surface area (Å²) in [6, 6.07) is 0. The Balaban J connectivity index is 0.000000424. The number of carboxylic acid groups (broad SMARTS) is 1. The minimum atomic E-state index is -0.858. The maximum Gasteiger partial charge on any atom is 0.308 e. The van der Waals surface area contributed by atoms with Crippen molar-refractivity contribution in [3.63, 3.8) is 0 Å². The Morgan fingerprint density at radius 1 is 1.77 bits per heavy atom. The topological polar surface area (TPSA) is 85.4 Å². The van der Waals surface area contributed by atoms with Crippen molar-refractivity contribution in [1.29, 1.82) is 0 Å². The fraction of sp³-hybridized carbons (Fsp3) is 0.429. The summed E-state index contributed by atoms with van der Waals surface area (Å²) in [6.07, 6.45) is 1.49. The van der Waals surface area contributed by atoms with Crippen LogP contribution in [-0.4, -0.2) is 30.3 Å². The first-order valence-corrected chi connectivity index (χ1v) is 4.24. The molecular weight excluding hydrogens is 192 g/mol. The van der Waals surface area contributed by atoms with Crippen LogP contribution in [0.1, 0.15) is 4.88 Å². The number of thiazole rings is 1. The van der Waals surface area contributed by atoms with Crippen molar-refractivity contribution < 1.29 is 14.6 Å². The van der Waals surface area contributed by atoms with Crippen LogP contribution in [0.4, 0.5) is 5.13 Å². The highest BCUT2D eigenvalue weighted by atomic mass is 32.1. The number of rotatable bonds is 2. The molecule has 74 valence electrons. The summed E-state index contributed by atoms with van der Waals surface area (Å²) in [5.74, 6) is -0.858. The van der Waals surface area contributed by atoms with Crippen LogP contribution in [0, 0.1) is 0 Å². The number of aromatic nitrogens is 1. The van der Waals surface area contributed by atoms with E-state index in [4.69, 9.17) is 10.8 Å². The highest BCUT2D eigenvalue weighted by Crippen LogP contribution is 2.14. The Hall–Kier alpha value is -1.14. The maximum atomic E-state index is 10.1. The molecule has 13 heavy (non-hydrogen) atoms. The summed E-state index contributed by atoms with van der Waals surface area (Å²) in [7, 11) is 3.25. The van der Waals surface area contributed by atoms with Crippen molar-refractivity contribution in [2.24, 2.45) is 0 Å². The van der Waals surface area contributed by atoms with Gasteiger partial charge in [-0.2, -0.15) is 0 Å². The van der Waals surface area contributed by atoms with Crippen LogP contribution in [0.3, 0.4) is 0 Å². The third-order valence-electron chi connectivity index (χ3n) is 0.897. The van der Waals surface area contributed by atoms with E-state index in [1.807, 2.05) is 0 Å². The lowest BCUT2D eigenvalue weighted by Gasteiger charge is -1.84. The zero-order valence-corrected chi connectivity index (χ0v) is 8.30. The molecule has 1 rings (SSSR count). The van der Waals surface area contributed by atoms with Crippen LogP contribution in [0.15, 0.2) is 6.20 Å². The summed E-state index contributed by atoms with van der Waals surface area (Å²) in [5.41, 5.74) is 5.27. The summed E-state index contributed by atoms with van der Waals surface area (Å²) >= 11 is 1.20. The summed E-state index contributed by atoms with van der Waals surface area (Å²) in [6.45, 7) is 0. The average molecular weight is 204 g/mol. The number of hydrogen-bond acceptors (Lipinski definition) is 5. The lowest BCUT2D eigenvalue weighted by atomic mass is 10.4. The molecular formula is C7H12N2O3S. The molecule has 0 aliphatic carbocycles. The summed E-state index contributed by atoms with van der Waals surface area (Å²) in [4.78, 5) is 14.5. The second kappa shape index (κ2) is 6.38. The molecule has 0 aromatic carbocycles. The van der Waals surface area contributed by atoms with Crippen LogP contribution in [0.25, 0.3) is 0 Å². The minimum absolute atomic E-state index is 0.00880. The smallest absolute Gasteiger partial charge is 0.308 e. The van der Waals surface area contributed by atoms with Gasteiger partial charge in [-0.1, -0.05) is 0 Å². The zero-order valence-electron chi connectivity index (χ0n) is 7.48. The normalized spacial score (nSPS) is 8.77. The van der Waals surface area contributed by atoms with E-state index in [0.29, 0.717) is 10.0 Å². The standard InChI is InChI=1S/C5H6N2O2S.C2H6O/c6-5-7-2-3(10-5)1-4(8)9;1-3-2/h2H,1H2,(H2,6,7)(H,8,9);1-2H3. The number of carbonyl (C=O) groups is 1. The molecule has 0 spiro atoms. The number of nitrogens with two attached hydrogens (primary N) is 1. The van der Waals surface area contributed by atoms with Crippen LogP contribution in [0.5, 0.6) is 0 Å². The summed E-state index contributed by atoms with van der Waals surface area (Å²) < 4.78 is 4.25. The van der Waals surface area contributed by atoms with Crippen molar-refractivity contribution in [2.45, 2.75) is 6.42 Å². The number of nitrogens with zero attached hydrogens (tertiary/aromatic N) is 1. The molecule has 0 saturated carbocycles. The average Bonchev–Trinajstić information content (AvgIpc) is 2.35. The molecule has 0 unspecified atom stereocenters. The molecule has 0 radical (unpaired) electrons. The van der Waals surface area contributed by atoms with Gasteiger partial charge in [-0.3, -0.25) is 4.79 Å². The molecule has 6 heteroatoms.